The number of rotatable bonds is 4. The van der Waals surface area contributed by atoms with Gasteiger partial charge in [-0.2, -0.15) is 0 Å². The molecule has 0 aliphatic heterocycles. The Labute approximate surface area is 90.9 Å². The molecule has 6 heteroatoms. The fourth-order valence-corrected chi connectivity index (χ4v) is 1.20. The van der Waals surface area contributed by atoms with E-state index in [1.165, 1.54) is 31.4 Å². The zero-order valence-corrected chi connectivity index (χ0v) is 8.41. The summed E-state index contributed by atoms with van der Waals surface area (Å²) in [6.45, 7) is 0. The molecule has 16 heavy (non-hydrogen) atoms. The Balaban J connectivity index is 3.24. The van der Waals surface area contributed by atoms with E-state index in [2.05, 4.69) is 0 Å². The number of para-hydroxylation sites is 1. The summed E-state index contributed by atoms with van der Waals surface area (Å²) in [5, 5.41) is 19.1. The summed E-state index contributed by atoms with van der Waals surface area (Å²) in [4.78, 5) is 20.4. The summed E-state index contributed by atoms with van der Waals surface area (Å²) < 4.78 is 4.88. The zero-order chi connectivity index (χ0) is 12.1. The molecule has 0 saturated carbocycles. The van der Waals surface area contributed by atoms with Gasteiger partial charge in [0.25, 0.3) is 0 Å². The molecule has 0 aliphatic carbocycles. The molecular formula is C10H9NO5. The first-order valence-corrected chi connectivity index (χ1v) is 4.28. The van der Waals surface area contributed by atoms with Crippen LogP contribution in [0, 0.1) is 10.1 Å². The number of hydrogen-bond acceptors (Lipinski definition) is 4. The summed E-state index contributed by atoms with van der Waals surface area (Å²) in [6.07, 6.45) is 2.13. The summed E-state index contributed by atoms with van der Waals surface area (Å²) in [6, 6.07) is 4.28. The van der Waals surface area contributed by atoms with Gasteiger partial charge < -0.3 is 9.84 Å². The Morgan fingerprint density at radius 3 is 2.75 bits per heavy atom. The molecule has 0 heterocycles. The summed E-state index contributed by atoms with van der Waals surface area (Å²) >= 11 is 0. The van der Waals surface area contributed by atoms with Crippen molar-refractivity contribution in [1.82, 2.24) is 0 Å². The molecule has 0 fully saturated rings. The number of nitrogens with zero attached hydrogens (tertiary/aromatic N) is 1. The maximum Gasteiger partial charge on any atom is 0.328 e. The predicted molar refractivity (Wildman–Crippen MR) is 56.3 cm³/mol. The second-order valence-corrected chi connectivity index (χ2v) is 2.83. The largest absolute Gasteiger partial charge is 0.490 e. The van der Waals surface area contributed by atoms with Crippen LogP contribution in [0.4, 0.5) is 5.69 Å². The van der Waals surface area contributed by atoms with Crippen molar-refractivity contribution in [3.63, 3.8) is 0 Å². The smallest absolute Gasteiger partial charge is 0.328 e. The third kappa shape index (κ3) is 2.57. The van der Waals surface area contributed by atoms with Crippen LogP contribution in [-0.4, -0.2) is 23.1 Å². The molecular weight excluding hydrogens is 214 g/mol. The summed E-state index contributed by atoms with van der Waals surface area (Å²) in [7, 11) is 1.29. The first kappa shape index (κ1) is 11.7. The number of methoxy groups -OCH3 is 1. The lowest BCUT2D eigenvalue weighted by atomic mass is 10.1. The summed E-state index contributed by atoms with van der Waals surface area (Å²) in [5.41, 5.74) is 0.147. The number of nitro groups is 1. The zero-order valence-electron chi connectivity index (χ0n) is 8.41. The minimum absolute atomic E-state index is 0.0463. The first-order valence-electron chi connectivity index (χ1n) is 4.28. The molecule has 0 spiro atoms. The van der Waals surface area contributed by atoms with Crippen LogP contribution < -0.4 is 4.74 Å². The third-order valence-corrected chi connectivity index (χ3v) is 1.83. The molecule has 0 amide bonds. The average molecular weight is 223 g/mol. The topological polar surface area (TPSA) is 89.7 Å². The van der Waals surface area contributed by atoms with E-state index >= 15 is 0 Å². The van der Waals surface area contributed by atoms with E-state index in [4.69, 9.17) is 9.84 Å². The highest BCUT2D eigenvalue weighted by Crippen LogP contribution is 2.31. The third-order valence-electron chi connectivity index (χ3n) is 1.83. The molecule has 0 aromatic heterocycles. The van der Waals surface area contributed by atoms with Crippen LogP contribution in [0.15, 0.2) is 24.3 Å². The fourth-order valence-electron chi connectivity index (χ4n) is 1.20. The Bertz CT molecular complexity index is 453. The van der Waals surface area contributed by atoms with Crippen LogP contribution in [0.5, 0.6) is 5.75 Å². The van der Waals surface area contributed by atoms with Crippen LogP contribution >= 0.6 is 0 Å². The quantitative estimate of drug-likeness (QED) is 0.476. The van der Waals surface area contributed by atoms with Crippen molar-refractivity contribution in [2.45, 2.75) is 0 Å². The lowest BCUT2D eigenvalue weighted by Gasteiger charge is -2.04. The molecule has 0 radical (unpaired) electrons. The van der Waals surface area contributed by atoms with E-state index in [0.717, 1.165) is 6.08 Å². The van der Waals surface area contributed by atoms with Gasteiger partial charge in [-0.05, 0) is 6.08 Å². The minimum Gasteiger partial charge on any atom is -0.490 e. The second-order valence-electron chi connectivity index (χ2n) is 2.83. The van der Waals surface area contributed by atoms with Crippen molar-refractivity contribution >= 4 is 17.7 Å². The maximum absolute atomic E-state index is 10.7. The molecule has 1 rings (SSSR count). The van der Waals surface area contributed by atoms with Crippen molar-refractivity contribution < 1.29 is 19.6 Å². The van der Waals surface area contributed by atoms with Gasteiger partial charge in [0.05, 0.1) is 12.0 Å². The van der Waals surface area contributed by atoms with Gasteiger partial charge in [0, 0.05) is 17.7 Å². The molecule has 0 atom stereocenters. The van der Waals surface area contributed by atoms with E-state index < -0.39 is 10.9 Å². The van der Waals surface area contributed by atoms with Crippen LogP contribution in [0.3, 0.4) is 0 Å². The normalized spacial score (nSPS) is 10.3. The monoisotopic (exact) mass is 223 g/mol. The van der Waals surface area contributed by atoms with E-state index in [9.17, 15) is 14.9 Å². The van der Waals surface area contributed by atoms with E-state index in [-0.39, 0.29) is 11.4 Å². The van der Waals surface area contributed by atoms with Crippen molar-refractivity contribution in [2.75, 3.05) is 7.11 Å². The number of benzene rings is 1. The van der Waals surface area contributed by atoms with Crippen LogP contribution in [0.1, 0.15) is 5.56 Å². The number of hydrogen-bond donors (Lipinski definition) is 1. The van der Waals surface area contributed by atoms with Gasteiger partial charge in [-0.1, -0.05) is 12.1 Å². The number of aliphatic carboxylic acids is 1. The maximum atomic E-state index is 10.7. The Morgan fingerprint density at radius 2 is 2.25 bits per heavy atom. The first-order chi connectivity index (χ1) is 7.56. The van der Waals surface area contributed by atoms with Crippen molar-refractivity contribution in [3.05, 3.63) is 40.0 Å². The van der Waals surface area contributed by atoms with E-state index in [1.807, 2.05) is 0 Å². The van der Waals surface area contributed by atoms with Crippen molar-refractivity contribution in [3.8, 4) is 5.75 Å². The lowest BCUT2D eigenvalue weighted by molar-refractivity contribution is -0.385. The Kier molecular flexibility index (Phi) is 3.60. The van der Waals surface area contributed by atoms with Gasteiger partial charge in [-0.3, -0.25) is 10.1 Å². The molecule has 1 aromatic rings. The molecule has 0 unspecified atom stereocenters. The number of carboxylic acid groups (broad SMARTS) is 1. The lowest BCUT2D eigenvalue weighted by Crippen LogP contribution is -1.96. The average Bonchev–Trinajstić information content (AvgIpc) is 2.25. The molecule has 1 N–H and O–H groups in total. The predicted octanol–water partition coefficient (Wildman–Crippen LogP) is 1.70. The van der Waals surface area contributed by atoms with Gasteiger partial charge in [-0.15, -0.1) is 0 Å². The molecule has 0 aliphatic rings. The summed E-state index contributed by atoms with van der Waals surface area (Å²) in [5.74, 6) is -1.08. The van der Waals surface area contributed by atoms with Gasteiger partial charge in [0.15, 0.2) is 0 Å². The standard InChI is InChI=1S/C10H9NO5/c1-16-10-7(5-6-9(12)13)3-2-4-8(10)11(14)15/h2-6H,1H3,(H,12,13)/b6-5+. The molecule has 6 nitrogen and oxygen atoms in total. The molecule has 1 aromatic carbocycles. The van der Waals surface area contributed by atoms with Gasteiger partial charge >= 0.3 is 11.7 Å². The van der Waals surface area contributed by atoms with Crippen molar-refractivity contribution in [2.24, 2.45) is 0 Å². The Morgan fingerprint density at radius 1 is 1.56 bits per heavy atom. The number of carboxylic acids is 1. The Hall–Kier alpha value is -2.37. The number of nitro benzene ring substituents is 1. The number of ether oxygens (including phenoxy) is 1. The highest BCUT2D eigenvalue weighted by molar-refractivity contribution is 5.86. The van der Waals surface area contributed by atoms with Gasteiger partial charge in [0.1, 0.15) is 0 Å². The van der Waals surface area contributed by atoms with Crippen molar-refractivity contribution in [1.29, 1.82) is 0 Å². The van der Waals surface area contributed by atoms with E-state index in [1.54, 1.807) is 0 Å². The highest BCUT2D eigenvalue weighted by Gasteiger charge is 2.16. The van der Waals surface area contributed by atoms with Crippen LogP contribution in [-0.2, 0) is 4.79 Å². The molecule has 0 saturated heterocycles. The SMILES string of the molecule is COc1c(/C=C/C(=O)O)cccc1[N+](=O)[O-]. The van der Waals surface area contributed by atoms with Gasteiger partial charge in [-0.25, -0.2) is 4.79 Å². The van der Waals surface area contributed by atoms with Crippen LogP contribution in [0.2, 0.25) is 0 Å². The molecule has 0 bridgehead atoms. The number of carbonyl (C=O) groups is 1. The second kappa shape index (κ2) is 4.92. The van der Waals surface area contributed by atoms with E-state index in [0.29, 0.717) is 5.56 Å². The van der Waals surface area contributed by atoms with Gasteiger partial charge in [0.2, 0.25) is 5.75 Å². The van der Waals surface area contributed by atoms with Crippen LogP contribution in [0.25, 0.3) is 6.08 Å². The molecule has 84 valence electrons. The minimum atomic E-state index is -1.13. The fraction of sp³-hybridized carbons (Fsp3) is 0.100. The highest BCUT2D eigenvalue weighted by atomic mass is 16.6.